The highest BCUT2D eigenvalue weighted by atomic mass is 19.1. The molecule has 0 radical (unpaired) electrons. The van der Waals surface area contributed by atoms with E-state index < -0.39 is 0 Å². The van der Waals surface area contributed by atoms with Gasteiger partial charge in [0.1, 0.15) is 5.82 Å². The molecule has 1 heteroatoms. The Balaban J connectivity index is 2.20. The summed E-state index contributed by atoms with van der Waals surface area (Å²) in [5, 5.41) is 0. The molecule has 1 aliphatic carbocycles. The summed E-state index contributed by atoms with van der Waals surface area (Å²) in [5.74, 6) is 2.14. The van der Waals surface area contributed by atoms with E-state index in [0.717, 1.165) is 17.4 Å². The Morgan fingerprint density at radius 3 is 2.40 bits per heavy atom. The van der Waals surface area contributed by atoms with Gasteiger partial charge < -0.3 is 0 Å². The number of aryl methyl sites for hydroxylation is 1. The van der Waals surface area contributed by atoms with Crippen LogP contribution < -0.4 is 0 Å². The molecule has 1 aromatic rings. The molecule has 0 N–H and O–H groups in total. The van der Waals surface area contributed by atoms with Crippen LogP contribution in [0.25, 0.3) is 0 Å². The van der Waals surface area contributed by atoms with Crippen molar-refractivity contribution < 1.29 is 4.39 Å². The zero-order valence-corrected chi connectivity index (χ0v) is 13.3. The topological polar surface area (TPSA) is 0 Å². The molecule has 2 atom stereocenters. The summed E-state index contributed by atoms with van der Waals surface area (Å²) in [5.41, 5.74) is 2.32. The van der Waals surface area contributed by atoms with Gasteiger partial charge in [-0.2, -0.15) is 0 Å². The molecule has 1 saturated carbocycles. The Bertz CT molecular complexity index is 398. The second-order valence-corrected chi connectivity index (χ2v) is 6.60. The van der Waals surface area contributed by atoms with E-state index in [1.165, 1.54) is 50.5 Å². The van der Waals surface area contributed by atoms with E-state index in [2.05, 4.69) is 19.9 Å². The largest absolute Gasteiger partial charge is 0.207 e. The first-order valence-corrected chi connectivity index (χ1v) is 8.42. The van der Waals surface area contributed by atoms with E-state index in [1.54, 1.807) is 12.1 Å². The van der Waals surface area contributed by atoms with E-state index in [1.807, 2.05) is 6.92 Å². The van der Waals surface area contributed by atoms with Gasteiger partial charge in [-0.25, -0.2) is 4.39 Å². The molecule has 0 unspecified atom stereocenters. The van der Waals surface area contributed by atoms with Crippen LogP contribution in [0.15, 0.2) is 18.2 Å². The molecular formula is C19H29F. The first-order chi connectivity index (χ1) is 9.65. The lowest BCUT2D eigenvalue weighted by molar-refractivity contribution is 0.270. The van der Waals surface area contributed by atoms with Crippen molar-refractivity contribution in [3.8, 4) is 0 Å². The van der Waals surface area contributed by atoms with E-state index in [4.69, 9.17) is 0 Å². The number of hydrogen-bond donors (Lipinski definition) is 0. The van der Waals surface area contributed by atoms with Gasteiger partial charge in [0.2, 0.25) is 0 Å². The van der Waals surface area contributed by atoms with Crippen LogP contribution in [-0.4, -0.2) is 0 Å². The Hall–Kier alpha value is -0.850. The predicted molar refractivity (Wildman–Crippen MR) is 84.5 cm³/mol. The zero-order valence-electron chi connectivity index (χ0n) is 13.3. The molecule has 0 aliphatic heterocycles. The highest BCUT2D eigenvalue weighted by Gasteiger charge is 2.33. The van der Waals surface area contributed by atoms with Crippen LogP contribution in [0.2, 0.25) is 0 Å². The first-order valence-electron chi connectivity index (χ1n) is 8.42. The minimum absolute atomic E-state index is 0.0619. The number of hydrogen-bond acceptors (Lipinski definition) is 0. The van der Waals surface area contributed by atoms with Crippen molar-refractivity contribution in [1.29, 1.82) is 0 Å². The molecule has 0 bridgehead atoms. The van der Waals surface area contributed by atoms with Crippen LogP contribution in [0.3, 0.4) is 0 Å². The van der Waals surface area contributed by atoms with Crippen LogP contribution in [0.4, 0.5) is 4.39 Å². The lowest BCUT2D eigenvalue weighted by Gasteiger charge is -2.29. The van der Waals surface area contributed by atoms with Crippen molar-refractivity contribution in [2.24, 2.45) is 11.8 Å². The van der Waals surface area contributed by atoms with Crippen LogP contribution in [-0.2, 0) is 0 Å². The van der Waals surface area contributed by atoms with Gasteiger partial charge >= 0.3 is 0 Å². The van der Waals surface area contributed by atoms with E-state index in [9.17, 15) is 4.39 Å². The average Bonchev–Trinajstić information content (AvgIpc) is 2.86. The Morgan fingerprint density at radius 2 is 1.80 bits per heavy atom. The van der Waals surface area contributed by atoms with Crippen molar-refractivity contribution in [3.05, 3.63) is 35.1 Å². The first kappa shape index (κ1) is 15.5. The molecule has 0 amide bonds. The highest BCUT2D eigenvalue weighted by molar-refractivity contribution is 5.28. The monoisotopic (exact) mass is 276 g/mol. The van der Waals surface area contributed by atoms with Crippen molar-refractivity contribution in [2.45, 2.75) is 71.6 Å². The maximum atomic E-state index is 13.7. The number of benzene rings is 1. The van der Waals surface area contributed by atoms with Gasteiger partial charge in [-0.15, -0.1) is 0 Å². The molecule has 1 aromatic carbocycles. The molecule has 0 spiro atoms. The molecule has 0 aromatic heterocycles. The molecule has 1 fully saturated rings. The van der Waals surface area contributed by atoms with Gasteiger partial charge in [-0.1, -0.05) is 52.0 Å². The minimum Gasteiger partial charge on any atom is -0.207 e. The van der Waals surface area contributed by atoms with Crippen LogP contribution >= 0.6 is 0 Å². The maximum absolute atomic E-state index is 13.7. The summed E-state index contributed by atoms with van der Waals surface area (Å²) >= 11 is 0. The summed E-state index contributed by atoms with van der Waals surface area (Å²) in [6.07, 6.45) is 9.12. The second kappa shape index (κ2) is 7.24. The molecule has 0 saturated heterocycles. The molecule has 0 heterocycles. The van der Waals surface area contributed by atoms with Gasteiger partial charge in [0.25, 0.3) is 0 Å². The molecule has 0 nitrogen and oxygen atoms in total. The van der Waals surface area contributed by atoms with Crippen molar-refractivity contribution in [3.63, 3.8) is 0 Å². The van der Waals surface area contributed by atoms with Gasteiger partial charge in [-0.3, -0.25) is 0 Å². The lowest BCUT2D eigenvalue weighted by atomic mass is 9.76. The van der Waals surface area contributed by atoms with Crippen LogP contribution in [0.5, 0.6) is 0 Å². The highest BCUT2D eigenvalue weighted by Crippen LogP contribution is 2.46. The molecule has 2 rings (SSSR count). The lowest BCUT2D eigenvalue weighted by Crippen LogP contribution is -2.18. The molecule has 1 aliphatic rings. The van der Waals surface area contributed by atoms with E-state index in [0.29, 0.717) is 5.92 Å². The van der Waals surface area contributed by atoms with Gasteiger partial charge in [0.05, 0.1) is 0 Å². The fourth-order valence-corrected chi connectivity index (χ4v) is 4.26. The Labute approximate surface area is 123 Å². The summed E-state index contributed by atoms with van der Waals surface area (Å²) in [6.45, 7) is 6.59. The van der Waals surface area contributed by atoms with Crippen molar-refractivity contribution in [2.75, 3.05) is 0 Å². The smallest absolute Gasteiger partial charge is 0.123 e. The number of halogens is 1. The van der Waals surface area contributed by atoms with Crippen LogP contribution in [0, 0.1) is 24.6 Å². The third-order valence-corrected chi connectivity index (χ3v) is 4.99. The molecule has 20 heavy (non-hydrogen) atoms. The maximum Gasteiger partial charge on any atom is 0.123 e. The second-order valence-electron chi connectivity index (χ2n) is 6.60. The summed E-state index contributed by atoms with van der Waals surface area (Å²) < 4.78 is 13.7. The summed E-state index contributed by atoms with van der Waals surface area (Å²) in [6, 6.07) is 5.63. The van der Waals surface area contributed by atoms with Crippen molar-refractivity contribution in [1.82, 2.24) is 0 Å². The molecular weight excluding hydrogens is 247 g/mol. The SMILES string of the molecule is CCCC(CCC)[C@H]1CCC[C@H]1c1cc(C)cc(F)c1. The zero-order chi connectivity index (χ0) is 14.5. The standard InChI is InChI=1S/C19H29F/c1-4-7-15(8-5-2)18-9-6-10-19(18)16-11-14(3)12-17(20)13-16/h11-13,15,18-19H,4-10H2,1-3H3/t18-,19+/m1/s1. The van der Waals surface area contributed by atoms with Crippen LogP contribution in [0.1, 0.15) is 75.8 Å². The summed E-state index contributed by atoms with van der Waals surface area (Å²) in [4.78, 5) is 0. The van der Waals surface area contributed by atoms with Crippen molar-refractivity contribution >= 4 is 0 Å². The van der Waals surface area contributed by atoms with E-state index in [-0.39, 0.29) is 5.82 Å². The Morgan fingerprint density at radius 1 is 1.10 bits per heavy atom. The normalized spacial score (nSPS) is 22.6. The minimum atomic E-state index is -0.0619. The average molecular weight is 276 g/mol. The van der Waals surface area contributed by atoms with Gasteiger partial charge in [-0.05, 0) is 60.8 Å². The van der Waals surface area contributed by atoms with Gasteiger partial charge in [0, 0.05) is 0 Å². The fourth-order valence-electron chi connectivity index (χ4n) is 4.26. The quantitative estimate of drug-likeness (QED) is 0.577. The molecule has 112 valence electrons. The Kier molecular flexibility index (Phi) is 5.63. The predicted octanol–water partition coefficient (Wildman–Crippen LogP) is 6.23. The third kappa shape index (κ3) is 3.62. The number of rotatable bonds is 6. The fraction of sp³-hybridized carbons (Fsp3) is 0.684. The summed E-state index contributed by atoms with van der Waals surface area (Å²) in [7, 11) is 0. The third-order valence-electron chi connectivity index (χ3n) is 4.99. The van der Waals surface area contributed by atoms with Gasteiger partial charge in [0.15, 0.2) is 0 Å². The van der Waals surface area contributed by atoms with E-state index >= 15 is 0 Å².